The first-order valence-electron chi connectivity index (χ1n) is 11.4. The van der Waals surface area contributed by atoms with Crippen molar-refractivity contribution >= 4 is 11.9 Å². The lowest BCUT2D eigenvalue weighted by molar-refractivity contribution is -0.138. The van der Waals surface area contributed by atoms with Crippen LogP contribution in [0, 0.1) is 0 Å². The van der Waals surface area contributed by atoms with Crippen LogP contribution in [0.15, 0.2) is 48.5 Å². The highest BCUT2D eigenvalue weighted by Crippen LogP contribution is 2.36. The molecule has 2 aromatic rings. The van der Waals surface area contributed by atoms with Crippen molar-refractivity contribution in [2.24, 2.45) is 0 Å². The van der Waals surface area contributed by atoms with E-state index in [2.05, 4.69) is 10.6 Å². The number of likely N-dealkylation sites (N-methyl/N-ethyl adjacent to an activating group) is 1. The van der Waals surface area contributed by atoms with Gasteiger partial charge < -0.3 is 25.0 Å². The monoisotopic (exact) mass is 437 g/mol. The van der Waals surface area contributed by atoms with Gasteiger partial charge in [0, 0.05) is 25.2 Å². The standard InChI is InChI=1S/C25H31N3O4/c1-2-28(18-20-11-8-12-21-22(20)32-16-15-31-21)23(29)25(13-6-7-14-25)27-24(30)26-17-19-9-4-3-5-10-19/h3-5,8-12H,2,6-7,13-18H2,1H3,(H2,26,27,30). The molecule has 0 saturated heterocycles. The van der Waals surface area contributed by atoms with Crippen molar-refractivity contribution < 1.29 is 19.1 Å². The number of carbonyl (C=O) groups is 2. The van der Waals surface area contributed by atoms with Gasteiger partial charge in [-0.15, -0.1) is 0 Å². The summed E-state index contributed by atoms with van der Waals surface area (Å²) in [6, 6.07) is 15.2. The van der Waals surface area contributed by atoms with Crippen LogP contribution in [0.5, 0.6) is 11.5 Å². The SMILES string of the molecule is CCN(Cc1cccc2c1OCCO2)C(=O)C1(NC(=O)NCc2ccccc2)CCCC1. The summed E-state index contributed by atoms with van der Waals surface area (Å²) in [5, 5.41) is 5.92. The molecule has 0 bridgehead atoms. The van der Waals surface area contributed by atoms with E-state index in [4.69, 9.17) is 9.47 Å². The lowest BCUT2D eigenvalue weighted by atomic mass is 9.95. The van der Waals surface area contributed by atoms with Gasteiger partial charge >= 0.3 is 6.03 Å². The molecule has 7 heteroatoms. The van der Waals surface area contributed by atoms with Gasteiger partial charge in [0.05, 0.1) is 0 Å². The summed E-state index contributed by atoms with van der Waals surface area (Å²) < 4.78 is 11.5. The molecule has 0 atom stereocenters. The van der Waals surface area contributed by atoms with Crippen molar-refractivity contribution in [3.63, 3.8) is 0 Å². The van der Waals surface area contributed by atoms with Crippen LogP contribution in [0.2, 0.25) is 0 Å². The second-order valence-electron chi connectivity index (χ2n) is 8.34. The molecule has 1 heterocycles. The fourth-order valence-corrected chi connectivity index (χ4v) is 4.50. The second-order valence-corrected chi connectivity index (χ2v) is 8.34. The Bertz CT molecular complexity index is 941. The minimum absolute atomic E-state index is 0.0401. The molecule has 170 valence electrons. The molecule has 2 aliphatic rings. The summed E-state index contributed by atoms with van der Waals surface area (Å²) in [6.45, 7) is 4.36. The number of fused-ring (bicyclic) bond motifs is 1. The zero-order valence-electron chi connectivity index (χ0n) is 18.6. The number of carbonyl (C=O) groups excluding carboxylic acids is 2. The van der Waals surface area contributed by atoms with Gasteiger partial charge in [0.1, 0.15) is 18.8 Å². The minimum atomic E-state index is -0.872. The van der Waals surface area contributed by atoms with Gasteiger partial charge in [-0.3, -0.25) is 4.79 Å². The first-order chi connectivity index (χ1) is 15.6. The van der Waals surface area contributed by atoms with Crippen molar-refractivity contribution in [2.45, 2.75) is 51.2 Å². The number of ether oxygens (including phenoxy) is 2. The Kier molecular flexibility index (Phi) is 6.83. The topological polar surface area (TPSA) is 79.9 Å². The van der Waals surface area contributed by atoms with Crippen LogP contribution in [0.4, 0.5) is 4.79 Å². The molecule has 1 aliphatic carbocycles. The molecule has 0 aromatic heterocycles. The first kappa shape index (κ1) is 22.0. The highest BCUT2D eigenvalue weighted by Gasteiger charge is 2.44. The van der Waals surface area contributed by atoms with Crippen LogP contribution in [0.25, 0.3) is 0 Å². The summed E-state index contributed by atoms with van der Waals surface area (Å²) in [7, 11) is 0. The number of hydrogen-bond acceptors (Lipinski definition) is 4. The molecule has 3 amide bonds. The molecule has 0 spiro atoms. The fraction of sp³-hybridized carbons (Fsp3) is 0.440. The Morgan fingerprint density at radius 3 is 2.50 bits per heavy atom. The molecule has 0 radical (unpaired) electrons. The number of rotatable bonds is 7. The summed E-state index contributed by atoms with van der Waals surface area (Å²) in [6.07, 6.45) is 3.13. The maximum absolute atomic E-state index is 13.7. The third kappa shape index (κ3) is 4.82. The van der Waals surface area contributed by atoms with Crippen molar-refractivity contribution in [2.75, 3.05) is 19.8 Å². The largest absolute Gasteiger partial charge is 0.486 e. The predicted octanol–water partition coefficient (Wildman–Crippen LogP) is 3.62. The maximum atomic E-state index is 13.7. The smallest absolute Gasteiger partial charge is 0.315 e. The first-order valence-corrected chi connectivity index (χ1v) is 11.4. The molecule has 7 nitrogen and oxygen atoms in total. The third-order valence-corrected chi connectivity index (χ3v) is 6.19. The van der Waals surface area contributed by atoms with Gasteiger partial charge in [0.15, 0.2) is 11.5 Å². The number of urea groups is 1. The Morgan fingerprint density at radius 2 is 1.75 bits per heavy atom. The molecule has 1 saturated carbocycles. The van der Waals surface area contributed by atoms with Crippen molar-refractivity contribution in [3.8, 4) is 11.5 Å². The van der Waals surface area contributed by atoms with Crippen LogP contribution in [-0.4, -0.2) is 42.1 Å². The normalized spacial score (nSPS) is 16.3. The van der Waals surface area contributed by atoms with Gasteiger partial charge in [0.2, 0.25) is 5.91 Å². The summed E-state index contributed by atoms with van der Waals surface area (Å²) in [4.78, 5) is 28.2. The summed E-state index contributed by atoms with van der Waals surface area (Å²) >= 11 is 0. The van der Waals surface area contributed by atoms with Crippen molar-refractivity contribution in [1.82, 2.24) is 15.5 Å². The quantitative estimate of drug-likeness (QED) is 0.693. The average Bonchev–Trinajstić information content (AvgIpc) is 3.31. The molecule has 2 N–H and O–H groups in total. The number of nitrogens with one attached hydrogen (secondary N) is 2. The molecule has 4 rings (SSSR count). The van der Waals surface area contributed by atoms with E-state index < -0.39 is 5.54 Å². The second kappa shape index (κ2) is 9.94. The van der Waals surface area contributed by atoms with E-state index >= 15 is 0 Å². The molecule has 2 aromatic carbocycles. The maximum Gasteiger partial charge on any atom is 0.315 e. The molecule has 0 unspecified atom stereocenters. The molecular formula is C25H31N3O4. The van der Waals surface area contributed by atoms with Crippen molar-refractivity contribution in [1.29, 1.82) is 0 Å². The van der Waals surface area contributed by atoms with Gasteiger partial charge in [-0.2, -0.15) is 0 Å². The Balaban J connectivity index is 1.46. The van der Waals surface area contributed by atoms with E-state index in [9.17, 15) is 9.59 Å². The van der Waals surface area contributed by atoms with Crippen molar-refractivity contribution in [3.05, 3.63) is 59.7 Å². The number of nitrogens with zero attached hydrogens (tertiary/aromatic N) is 1. The van der Waals surface area contributed by atoms with Crippen LogP contribution in [0.1, 0.15) is 43.7 Å². The van der Waals surface area contributed by atoms with Gasteiger partial charge in [-0.1, -0.05) is 55.3 Å². The van der Waals surface area contributed by atoms with Crippen LogP contribution in [-0.2, 0) is 17.9 Å². The number of amides is 3. The highest BCUT2D eigenvalue weighted by molar-refractivity contribution is 5.91. The Morgan fingerprint density at radius 1 is 1.00 bits per heavy atom. The zero-order chi connectivity index (χ0) is 22.4. The van der Waals surface area contributed by atoms with Crippen LogP contribution >= 0.6 is 0 Å². The number of hydrogen-bond donors (Lipinski definition) is 2. The lowest BCUT2D eigenvalue weighted by Crippen LogP contribution is -2.59. The van der Waals surface area contributed by atoms with E-state index in [1.54, 1.807) is 4.90 Å². The summed E-state index contributed by atoms with van der Waals surface area (Å²) in [5.74, 6) is 1.38. The average molecular weight is 438 g/mol. The highest BCUT2D eigenvalue weighted by atomic mass is 16.6. The van der Waals surface area contributed by atoms with Gasteiger partial charge in [0.25, 0.3) is 0 Å². The molecule has 32 heavy (non-hydrogen) atoms. The molecule has 1 aliphatic heterocycles. The van der Waals surface area contributed by atoms with Crippen LogP contribution in [0.3, 0.4) is 0 Å². The zero-order valence-corrected chi connectivity index (χ0v) is 18.6. The minimum Gasteiger partial charge on any atom is -0.486 e. The van der Waals surface area contributed by atoms with Gasteiger partial charge in [-0.05, 0) is 31.4 Å². The Labute approximate surface area is 189 Å². The number of benzene rings is 2. The predicted molar refractivity (Wildman–Crippen MR) is 122 cm³/mol. The fourth-order valence-electron chi connectivity index (χ4n) is 4.50. The molecular weight excluding hydrogens is 406 g/mol. The number of para-hydroxylation sites is 1. The van der Waals surface area contributed by atoms with Gasteiger partial charge in [-0.25, -0.2) is 4.79 Å². The van der Waals surface area contributed by atoms with E-state index in [0.717, 1.165) is 24.0 Å². The molecule has 1 fully saturated rings. The van der Waals surface area contributed by atoms with E-state index in [1.165, 1.54) is 0 Å². The van der Waals surface area contributed by atoms with E-state index in [1.807, 2.05) is 55.5 Å². The third-order valence-electron chi connectivity index (χ3n) is 6.19. The van der Waals surface area contributed by atoms with E-state index in [0.29, 0.717) is 57.2 Å². The lowest BCUT2D eigenvalue weighted by Gasteiger charge is -2.35. The van der Waals surface area contributed by atoms with Crippen LogP contribution < -0.4 is 20.1 Å². The summed E-state index contributed by atoms with van der Waals surface area (Å²) in [5.41, 5.74) is 1.06. The van der Waals surface area contributed by atoms with E-state index in [-0.39, 0.29) is 11.9 Å². The Hall–Kier alpha value is -3.22.